The molecule has 2 saturated carbocycles. The first-order valence-electron chi connectivity index (χ1n) is 7.72. The molecule has 0 radical (unpaired) electrons. The van der Waals surface area contributed by atoms with E-state index in [1.807, 2.05) is 0 Å². The van der Waals surface area contributed by atoms with Gasteiger partial charge in [0.15, 0.2) is 0 Å². The fourth-order valence-electron chi connectivity index (χ4n) is 3.07. The molecule has 0 bridgehead atoms. The van der Waals surface area contributed by atoms with Gasteiger partial charge in [0.1, 0.15) is 6.33 Å². The van der Waals surface area contributed by atoms with Gasteiger partial charge < -0.3 is 10.1 Å². The molecule has 26 heavy (non-hydrogen) atoms. The molecule has 0 aliphatic heterocycles. The Morgan fingerprint density at radius 2 is 2.08 bits per heavy atom. The molecule has 2 aliphatic carbocycles. The monoisotopic (exact) mass is 375 g/mol. The van der Waals surface area contributed by atoms with Gasteiger partial charge in [0.25, 0.3) is 12.0 Å². The summed E-state index contributed by atoms with van der Waals surface area (Å²) >= 11 is 0. The van der Waals surface area contributed by atoms with E-state index in [1.165, 1.54) is 5.92 Å². The van der Waals surface area contributed by atoms with E-state index in [1.54, 1.807) is 0 Å². The number of rotatable bonds is 5. The van der Waals surface area contributed by atoms with Gasteiger partial charge in [0.05, 0.1) is 12.2 Å². The number of amides is 1. The van der Waals surface area contributed by atoms with Crippen LogP contribution < -0.4 is 10.1 Å². The van der Waals surface area contributed by atoms with Crippen LogP contribution in [0.15, 0.2) is 12.4 Å². The summed E-state index contributed by atoms with van der Waals surface area (Å²) in [7, 11) is 0. The van der Waals surface area contributed by atoms with Crippen LogP contribution in [0.3, 0.4) is 0 Å². The van der Waals surface area contributed by atoms with Crippen molar-refractivity contribution >= 4 is 5.91 Å². The van der Waals surface area contributed by atoms with Crippen molar-refractivity contribution in [2.45, 2.75) is 44.0 Å². The van der Waals surface area contributed by atoms with Crippen LogP contribution in [0, 0.1) is 23.7 Å². The summed E-state index contributed by atoms with van der Waals surface area (Å²) in [6.45, 7) is -0.0929. The molecule has 0 aromatic carbocycles. The molecular weight excluding hydrogens is 361 g/mol. The van der Waals surface area contributed by atoms with Crippen LogP contribution in [0.2, 0.25) is 0 Å². The molecule has 1 heterocycles. The van der Waals surface area contributed by atoms with Gasteiger partial charge in [-0.25, -0.2) is 18.7 Å². The molecule has 140 valence electrons. The first-order chi connectivity index (χ1) is 12.1. The third-order valence-corrected chi connectivity index (χ3v) is 4.69. The van der Waals surface area contributed by atoms with E-state index < -0.39 is 35.4 Å². The third-order valence-electron chi connectivity index (χ3n) is 4.69. The van der Waals surface area contributed by atoms with Gasteiger partial charge in [-0.1, -0.05) is 5.92 Å². The van der Waals surface area contributed by atoms with Crippen molar-refractivity contribution in [3.05, 3.63) is 18.1 Å². The van der Waals surface area contributed by atoms with Crippen LogP contribution in [0.25, 0.3) is 0 Å². The van der Waals surface area contributed by atoms with Crippen molar-refractivity contribution in [1.29, 1.82) is 0 Å². The minimum atomic E-state index is -4.75. The smallest absolute Gasteiger partial charge is 0.437 e. The van der Waals surface area contributed by atoms with Gasteiger partial charge >= 0.3 is 6.18 Å². The van der Waals surface area contributed by atoms with E-state index in [2.05, 4.69) is 20.0 Å². The zero-order chi connectivity index (χ0) is 19.2. The maximum Gasteiger partial charge on any atom is 0.437 e. The maximum absolute atomic E-state index is 13.1. The Labute approximate surface area is 145 Å². The molecular formula is C16H14F5N3O2. The molecule has 1 N–H and O–H groups in total. The SMILES string of the molecule is C#C[C@@H](Oc1cc(CNC(=O)C2CC3(C2)CC3(F)F)ncn1)C(F)(F)F. The lowest BCUT2D eigenvalue weighted by molar-refractivity contribution is -0.177. The zero-order valence-electron chi connectivity index (χ0n) is 13.3. The number of nitrogens with zero attached hydrogens (tertiary/aromatic N) is 2. The van der Waals surface area contributed by atoms with Gasteiger partial charge in [-0.05, 0) is 12.8 Å². The standard InChI is InChI=1S/C16H14F5N3O2/c1-2-11(16(19,20)21)26-12-3-10(23-8-24-12)6-22-13(25)9-4-14(5-9)7-15(14,17)18/h1,3,8-9,11H,4-7H2,(H,22,25)/t9?,11-,14?/m1/s1. The highest BCUT2D eigenvalue weighted by atomic mass is 19.4. The molecule has 1 aromatic heterocycles. The largest absolute Gasteiger partial charge is 0.451 e. The summed E-state index contributed by atoms with van der Waals surface area (Å²) in [5, 5.41) is 2.53. The van der Waals surface area contributed by atoms with Crippen LogP contribution in [-0.4, -0.2) is 34.1 Å². The van der Waals surface area contributed by atoms with Gasteiger partial charge in [0, 0.05) is 23.8 Å². The van der Waals surface area contributed by atoms with E-state index in [0.717, 1.165) is 12.4 Å². The van der Waals surface area contributed by atoms with Crippen LogP contribution >= 0.6 is 0 Å². The lowest BCUT2D eigenvalue weighted by Crippen LogP contribution is -2.41. The summed E-state index contributed by atoms with van der Waals surface area (Å²) < 4.78 is 68.6. The fraction of sp³-hybridized carbons (Fsp3) is 0.562. The topological polar surface area (TPSA) is 64.1 Å². The van der Waals surface area contributed by atoms with Crippen LogP contribution in [0.4, 0.5) is 22.0 Å². The van der Waals surface area contributed by atoms with Crippen molar-refractivity contribution < 1.29 is 31.5 Å². The number of ether oxygens (including phenoxy) is 1. The van der Waals surface area contributed by atoms with Gasteiger partial charge in [0.2, 0.25) is 11.8 Å². The molecule has 3 rings (SSSR count). The van der Waals surface area contributed by atoms with E-state index >= 15 is 0 Å². The Hall–Kier alpha value is -2.44. The molecule has 0 saturated heterocycles. The van der Waals surface area contributed by atoms with E-state index in [0.29, 0.717) is 0 Å². The summed E-state index contributed by atoms with van der Waals surface area (Å²) in [5.74, 6) is -2.47. The third kappa shape index (κ3) is 3.43. The number of carbonyl (C=O) groups is 1. The first-order valence-corrected chi connectivity index (χ1v) is 7.72. The van der Waals surface area contributed by atoms with E-state index in [-0.39, 0.29) is 37.4 Å². The molecule has 1 aromatic rings. The summed E-state index contributed by atoms with van der Waals surface area (Å²) in [6.07, 6.45) is -1.33. The predicted octanol–water partition coefficient (Wildman–Crippen LogP) is 2.47. The Bertz CT molecular complexity index is 753. The molecule has 0 unspecified atom stereocenters. The number of alkyl halides is 5. The highest BCUT2D eigenvalue weighted by Gasteiger charge is 2.76. The van der Waals surface area contributed by atoms with Gasteiger partial charge in [-0.3, -0.25) is 4.79 Å². The zero-order valence-corrected chi connectivity index (χ0v) is 13.3. The Morgan fingerprint density at radius 1 is 1.42 bits per heavy atom. The van der Waals surface area contributed by atoms with Crippen molar-refractivity contribution in [3.63, 3.8) is 0 Å². The quantitative estimate of drug-likeness (QED) is 0.634. The van der Waals surface area contributed by atoms with Crippen molar-refractivity contribution in [3.8, 4) is 18.2 Å². The molecule has 1 atom stereocenters. The Kier molecular flexibility index (Phi) is 4.29. The number of nitrogens with one attached hydrogen (secondary N) is 1. The van der Waals surface area contributed by atoms with Crippen LogP contribution in [-0.2, 0) is 11.3 Å². The molecule has 1 amide bonds. The molecule has 10 heteroatoms. The minimum Gasteiger partial charge on any atom is -0.451 e. The second-order valence-electron chi connectivity index (χ2n) is 6.54. The van der Waals surface area contributed by atoms with Crippen molar-refractivity contribution in [2.75, 3.05) is 0 Å². The minimum absolute atomic E-state index is 0.0929. The van der Waals surface area contributed by atoms with Gasteiger partial charge in [-0.2, -0.15) is 13.2 Å². The number of terminal acetylenes is 1. The van der Waals surface area contributed by atoms with Gasteiger partial charge in [-0.15, -0.1) is 6.42 Å². The Morgan fingerprint density at radius 3 is 2.62 bits per heavy atom. The molecule has 1 spiro atoms. The number of carbonyl (C=O) groups excluding carboxylic acids is 1. The highest BCUT2D eigenvalue weighted by Crippen LogP contribution is 2.72. The van der Waals surface area contributed by atoms with Crippen molar-refractivity contribution in [1.82, 2.24) is 15.3 Å². The number of halogens is 5. The summed E-state index contributed by atoms with van der Waals surface area (Å²) in [4.78, 5) is 19.3. The van der Waals surface area contributed by atoms with Crippen LogP contribution in [0.5, 0.6) is 5.88 Å². The fourth-order valence-corrected chi connectivity index (χ4v) is 3.07. The van der Waals surface area contributed by atoms with E-state index in [4.69, 9.17) is 6.42 Å². The lowest BCUT2D eigenvalue weighted by atomic mass is 9.71. The summed E-state index contributed by atoms with van der Waals surface area (Å²) in [6, 6.07) is 1.12. The maximum atomic E-state index is 13.1. The predicted molar refractivity (Wildman–Crippen MR) is 77.9 cm³/mol. The van der Waals surface area contributed by atoms with E-state index in [9.17, 15) is 26.7 Å². The lowest BCUT2D eigenvalue weighted by Gasteiger charge is -2.34. The first kappa shape index (κ1) is 18.4. The average Bonchev–Trinajstić information content (AvgIpc) is 3.11. The summed E-state index contributed by atoms with van der Waals surface area (Å²) in [5.41, 5.74) is -0.806. The van der Waals surface area contributed by atoms with Crippen LogP contribution in [0.1, 0.15) is 25.0 Å². The number of hydrogen-bond donors (Lipinski definition) is 1. The highest BCUT2D eigenvalue weighted by molar-refractivity contribution is 5.80. The number of hydrogen-bond acceptors (Lipinski definition) is 4. The second-order valence-corrected chi connectivity index (χ2v) is 6.54. The van der Waals surface area contributed by atoms with Crippen molar-refractivity contribution in [2.24, 2.45) is 11.3 Å². The second kappa shape index (κ2) is 6.07. The average molecular weight is 375 g/mol. The Balaban J connectivity index is 1.52. The number of aromatic nitrogens is 2. The normalized spacial score (nSPS) is 27.2. The molecule has 5 nitrogen and oxygen atoms in total. The molecule has 2 fully saturated rings. The molecule has 2 aliphatic rings.